The summed E-state index contributed by atoms with van der Waals surface area (Å²) in [7, 11) is 0. The Labute approximate surface area is 164 Å². The van der Waals surface area contributed by atoms with Crippen LogP contribution in [0.1, 0.15) is 45.4 Å². The van der Waals surface area contributed by atoms with Crippen LogP contribution in [0.4, 0.5) is 0 Å². The molecule has 2 aliphatic heterocycles. The lowest BCUT2D eigenvalue weighted by atomic mass is 10.0. The van der Waals surface area contributed by atoms with Crippen molar-refractivity contribution in [3.63, 3.8) is 0 Å². The third-order valence-corrected chi connectivity index (χ3v) is 6.78. The lowest BCUT2D eigenvalue weighted by Crippen LogP contribution is -2.32. The van der Waals surface area contributed by atoms with Gasteiger partial charge in [-0.1, -0.05) is 13.0 Å². The van der Waals surface area contributed by atoms with Crippen LogP contribution in [0.15, 0.2) is 23.7 Å². The van der Waals surface area contributed by atoms with E-state index < -0.39 is 0 Å². The molecule has 6 heteroatoms. The van der Waals surface area contributed by atoms with E-state index in [1.165, 1.54) is 16.0 Å². The molecule has 4 rings (SSSR count). The van der Waals surface area contributed by atoms with E-state index in [2.05, 4.69) is 28.9 Å². The van der Waals surface area contributed by atoms with E-state index in [-0.39, 0.29) is 18.4 Å². The molecule has 1 fully saturated rings. The number of hydrogen-bond donors (Lipinski definition) is 1. The summed E-state index contributed by atoms with van der Waals surface area (Å²) in [6.07, 6.45) is 4.82. The van der Waals surface area contributed by atoms with E-state index in [4.69, 9.17) is 0 Å². The number of hydrogen-bond acceptors (Lipinski definition) is 5. The number of aryl methyl sites for hydroxylation is 1. The van der Waals surface area contributed by atoms with Gasteiger partial charge in [-0.15, -0.1) is 11.3 Å². The SMILES string of the molecule is CCc1ccc(CN2CCc3c(C(=O)N4CC[C@@H](CO)C4)csc3C2)nc1. The van der Waals surface area contributed by atoms with Crippen molar-refractivity contribution in [2.75, 3.05) is 26.2 Å². The highest BCUT2D eigenvalue weighted by atomic mass is 32.1. The molecule has 2 aliphatic rings. The van der Waals surface area contributed by atoms with Gasteiger partial charge in [0.15, 0.2) is 0 Å². The molecule has 5 nitrogen and oxygen atoms in total. The Balaban J connectivity index is 1.41. The predicted molar refractivity (Wildman–Crippen MR) is 107 cm³/mol. The van der Waals surface area contributed by atoms with Gasteiger partial charge in [-0.05, 0) is 36.5 Å². The first-order chi connectivity index (χ1) is 13.2. The van der Waals surface area contributed by atoms with E-state index in [0.717, 1.165) is 56.7 Å². The van der Waals surface area contributed by atoms with Crippen LogP contribution in [0.2, 0.25) is 0 Å². The number of amides is 1. The number of nitrogens with zero attached hydrogens (tertiary/aromatic N) is 3. The highest BCUT2D eigenvalue weighted by Crippen LogP contribution is 2.31. The lowest BCUT2D eigenvalue weighted by Gasteiger charge is -2.27. The van der Waals surface area contributed by atoms with Crippen LogP contribution >= 0.6 is 11.3 Å². The molecular formula is C21H27N3O2S. The van der Waals surface area contributed by atoms with E-state index in [1.54, 1.807) is 11.3 Å². The fraction of sp³-hybridized carbons (Fsp3) is 0.524. The Hall–Kier alpha value is -1.76. The minimum atomic E-state index is 0.147. The molecule has 2 aromatic rings. The molecule has 0 unspecified atom stereocenters. The summed E-state index contributed by atoms with van der Waals surface area (Å²) >= 11 is 1.71. The highest BCUT2D eigenvalue weighted by molar-refractivity contribution is 7.10. The van der Waals surface area contributed by atoms with Gasteiger partial charge in [0.05, 0.1) is 11.3 Å². The van der Waals surface area contributed by atoms with E-state index >= 15 is 0 Å². The Kier molecular flexibility index (Phi) is 5.57. The average molecular weight is 386 g/mol. The fourth-order valence-electron chi connectivity index (χ4n) is 4.02. The standard InChI is InChI=1S/C21H27N3O2S/c1-2-15-3-4-17(22-9-15)11-23-7-6-18-19(14-27-20(18)12-23)21(26)24-8-5-16(10-24)13-25/h3-4,9,14,16,25H,2,5-8,10-13H2,1H3/t16-/m1/s1. The molecule has 0 spiro atoms. The summed E-state index contributed by atoms with van der Waals surface area (Å²) < 4.78 is 0. The molecule has 27 heavy (non-hydrogen) atoms. The number of aliphatic hydroxyl groups is 1. The number of likely N-dealkylation sites (tertiary alicyclic amines) is 1. The van der Waals surface area contributed by atoms with Crippen LogP contribution in [-0.4, -0.2) is 52.0 Å². The minimum Gasteiger partial charge on any atom is -0.396 e. The van der Waals surface area contributed by atoms with Crippen LogP contribution in [0.25, 0.3) is 0 Å². The fourth-order valence-corrected chi connectivity index (χ4v) is 5.13. The zero-order chi connectivity index (χ0) is 18.8. The third-order valence-electron chi connectivity index (χ3n) is 5.77. The Morgan fingerprint density at radius 1 is 1.37 bits per heavy atom. The van der Waals surface area contributed by atoms with Gasteiger partial charge in [0, 0.05) is 61.7 Å². The molecule has 0 aromatic carbocycles. The van der Waals surface area contributed by atoms with Gasteiger partial charge >= 0.3 is 0 Å². The van der Waals surface area contributed by atoms with E-state index in [9.17, 15) is 9.90 Å². The van der Waals surface area contributed by atoms with Crippen LogP contribution in [0.5, 0.6) is 0 Å². The van der Waals surface area contributed by atoms with Crippen LogP contribution < -0.4 is 0 Å². The Morgan fingerprint density at radius 3 is 2.96 bits per heavy atom. The van der Waals surface area contributed by atoms with Crippen molar-refractivity contribution in [1.82, 2.24) is 14.8 Å². The summed E-state index contributed by atoms with van der Waals surface area (Å²) in [5.74, 6) is 0.388. The Morgan fingerprint density at radius 2 is 2.26 bits per heavy atom. The first-order valence-electron chi connectivity index (χ1n) is 9.83. The second-order valence-corrected chi connectivity index (χ2v) is 8.58. The van der Waals surface area contributed by atoms with Crippen molar-refractivity contribution in [1.29, 1.82) is 0 Å². The molecule has 2 aromatic heterocycles. The summed E-state index contributed by atoms with van der Waals surface area (Å²) in [4.78, 5) is 23.1. The summed E-state index contributed by atoms with van der Waals surface area (Å²) in [5, 5.41) is 11.4. The number of pyridine rings is 1. The van der Waals surface area contributed by atoms with Gasteiger partial charge in [0.2, 0.25) is 0 Å². The monoisotopic (exact) mass is 385 g/mol. The molecule has 1 saturated heterocycles. The van der Waals surface area contributed by atoms with Gasteiger partial charge in [-0.25, -0.2) is 0 Å². The maximum atomic E-state index is 12.9. The van der Waals surface area contributed by atoms with Gasteiger partial charge in [0.1, 0.15) is 0 Å². The molecule has 144 valence electrons. The summed E-state index contributed by atoms with van der Waals surface area (Å²) in [5.41, 5.74) is 4.50. The maximum Gasteiger partial charge on any atom is 0.254 e. The molecule has 1 amide bonds. The molecule has 0 saturated carbocycles. The highest BCUT2D eigenvalue weighted by Gasteiger charge is 2.30. The number of fused-ring (bicyclic) bond motifs is 1. The number of carbonyl (C=O) groups excluding carboxylic acids is 1. The second kappa shape index (κ2) is 8.09. The zero-order valence-corrected chi connectivity index (χ0v) is 16.7. The molecule has 0 bridgehead atoms. The molecule has 0 radical (unpaired) electrons. The number of aliphatic hydroxyl groups excluding tert-OH is 1. The molecular weight excluding hydrogens is 358 g/mol. The molecule has 4 heterocycles. The maximum absolute atomic E-state index is 12.9. The van der Waals surface area contributed by atoms with Crippen molar-refractivity contribution in [3.05, 3.63) is 51.0 Å². The number of rotatable bonds is 5. The third kappa shape index (κ3) is 3.93. The Bertz CT molecular complexity index is 802. The second-order valence-electron chi connectivity index (χ2n) is 7.61. The first kappa shape index (κ1) is 18.6. The van der Waals surface area contributed by atoms with E-state index in [1.807, 2.05) is 16.5 Å². The van der Waals surface area contributed by atoms with E-state index in [0.29, 0.717) is 6.54 Å². The zero-order valence-electron chi connectivity index (χ0n) is 15.9. The van der Waals surface area contributed by atoms with Gasteiger partial charge in [-0.2, -0.15) is 0 Å². The van der Waals surface area contributed by atoms with Crippen LogP contribution in [-0.2, 0) is 25.9 Å². The number of aromatic nitrogens is 1. The lowest BCUT2D eigenvalue weighted by molar-refractivity contribution is 0.0780. The average Bonchev–Trinajstić information content (AvgIpc) is 3.35. The van der Waals surface area contributed by atoms with Crippen LogP contribution in [0.3, 0.4) is 0 Å². The summed E-state index contributed by atoms with van der Waals surface area (Å²) in [6.45, 7) is 6.48. The van der Waals surface area contributed by atoms with Gasteiger partial charge in [0.25, 0.3) is 5.91 Å². The normalized spacial score (nSPS) is 20.1. The summed E-state index contributed by atoms with van der Waals surface area (Å²) in [6, 6.07) is 4.29. The molecule has 1 N–H and O–H groups in total. The van der Waals surface area contributed by atoms with Crippen molar-refractivity contribution in [3.8, 4) is 0 Å². The van der Waals surface area contributed by atoms with Crippen LogP contribution in [0, 0.1) is 5.92 Å². The van der Waals surface area contributed by atoms with Crippen molar-refractivity contribution < 1.29 is 9.90 Å². The van der Waals surface area contributed by atoms with Crippen molar-refractivity contribution in [2.45, 2.75) is 39.3 Å². The van der Waals surface area contributed by atoms with Gasteiger partial charge < -0.3 is 10.0 Å². The predicted octanol–water partition coefficient (Wildman–Crippen LogP) is 2.72. The topological polar surface area (TPSA) is 56.7 Å². The molecule has 0 aliphatic carbocycles. The quantitative estimate of drug-likeness (QED) is 0.860. The number of thiophene rings is 1. The molecule has 1 atom stereocenters. The number of carbonyl (C=O) groups is 1. The smallest absolute Gasteiger partial charge is 0.254 e. The van der Waals surface area contributed by atoms with Crippen molar-refractivity contribution in [2.24, 2.45) is 5.92 Å². The first-order valence-corrected chi connectivity index (χ1v) is 10.7. The van der Waals surface area contributed by atoms with Gasteiger partial charge in [-0.3, -0.25) is 14.7 Å². The largest absolute Gasteiger partial charge is 0.396 e. The van der Waals surface area contributed by atoms with Crippen molar-refractivity contribution >= 4 is 17.2 Å². The minimum absolute atomic E-state index is 0.147.